The van der Waals surface area contributed by atoms with Crippen LogP contribution in [0.15, 0.2) is 24.4 Å². The van der Waals surface area contributed by atoms with Crippen molar-refractivity contribution in [1.29, 1.82) is 0 Å². The van der Waals surface area contributed by atoms with Gasteiger partial charge in [0.1, 0.15) is 11.9 Å². The van der Waals surface area contributed by atoms with Crippen molar-refractivity contribution >= 4 is 17.8 Å². The number of rotatable bonds is 3. The van der Waals surface area contributed by atoms with Crippen molar-refractivity contribution in [3.63, 3.8) is 0 Å². The summed E-state index contributed by atoms with van der Waals surface area (Å²) in [6.07, 6.45) is 1.74. The van der Waals surface area contributed by atoms with Crippen LogP contribution < -0.4 is 10.2 Å². The van der Waals surface area contributed by atoms with E-state index in [4.69, 9.17) is 5.11 Å². The lowest BCUT2D eigenvalue weighted by molar-refractivity contribution is -0.138. The summed E-state index contributed by atoms with van der Waals surface area (Å²) in [5.74, 6) is -0.142. The van der Waals surface area contributed by atoms with E-state index >= 15 is 0 Å². The number of carboxylic acid groups (broad SMARTS) is 1. The largest absolute Gasteiger partial charge is 0.480 e. The molecule has 2 rings (SSSR count). The molecular formula is C13H18N4O3. The molecule has 0 aliphatic carbocycles. The quantitative estimate of drug-likeness (QED) is 0.835. The molecule has 2 amide bonds. The molecule has 1 atom stereocenters. The minimum atomic E-state index is -1.04. The molecule has 0 aromatic carbocycles. The molecule has 2 N–H and O–H groups in total. The maximum Gasteiger partial charge on any atom is 0.325 e. The maximum absolute atomic E-state index is 11.9. The van der Waals surface area contributed by atoms with E-state index in [-0.39, 0.29) is 6.03 Å². The monoisotopic (exact) mass is 278 g/mol. The Balaban J connectivity index is 1.85. The summed E-state index contributed by atoms with van der Waals surface area (Å²) in [6, 6.07) is 4.51. The lowest BCUT2D eigenvalue weighted by Crippen LogP contribution is -2.54. The van der Waals surface area contributed by atoms with Crippen molar-refractivity contribution in [3.8, 4) is 0 Å². The number of carboxylic acids is 1. The van der Waals surface area contributed by atoms with E-state index < -0.39 is 12.0 Å². The van der Waals surface area contributed by atoms with Gasteiger partial charge in [-0.05, 0) is 19.1 Å². The van der Waals surface area contributed by atoms with Crippen molar-refractivity contribution in [3.05, 3.63) is 24.4 Å². The summed E-state index contributed by atoms with van der Waals surface area (Å²) >= 11 is 0. The van der Waals surface area contributed by atoms with Crippen molar-refractivity contribution in [1.82, 2.24) is 15.2 Å². The van der Waals surface area contributed by atoms with Gasteiger partial charge in [0.15, 0.2) is 0 Å². The van der Waals surface area contributed by atoms with E-state index in [1.807, 2.05) is 18.2 Å². The number of hydrogen-bond donors (Lipinski definition) is 2. The minimum absolute atomic E-state index is 0.333. The topological polar surface area (TPSA) is 85.8 Å². The minimum Gasteiger partial charge on any atom is -0.480 e. The van der Waals surface area contributed by atoms with E-state index in [0.29, 0.717) is 26.2 Å². The molecule has 1 saturated heterocycles. The van der Waals surface area contributed by atoms with Gasteiger partial charge in [-0.2, -0.15) is 0 Å². The van der Waals surface area contributed by atoms with Crippen molar-refractivity contribution in [2.24, 2.45) is 0 Å². The molecule has 1 aliphatic heterocycles. The van der Waals surface area contributed by atoms with Crippen LogP contribution in [0.5, 0.6) is 0 Å². The van der Waals surface area contributed by atoms with Crippen LogP contribution in [0.4, 0.5) is 10.6 Å². The number of carbonyl (C=O) groups excluding carboxylic acids is 1. The zero-order valence-corrected chi connectivity index (χ0v) is 11.3. The Labute approximate surface area is 117 Å². The Kier molecular flexibility index (Phi) is 4.39. The van der Waals surface area contributed by atoms with E-state index in [9.17, 15) is 9.59 Å². The number of amides is 2. The van der Waals surface area contributed by atoms with Gasteiger partial charge in [-0.3, -0.25) is 4.79 Å². The molecule has 108 valence electrons. The summed E-state index contributed by atoms with van der Waals surface area (Å²) in [6.45, 7) is 3.92. The Bertz CT molecular complexity index is 472. The number of aliphatic carboxylic acids is 1. The van der Waals surface area contributed by atoms with Crippen molar-refractivity contribution in [2.75, 3.05) is 31.1 Å². The molecule has 1 aliphatic rings. The summed E-state index contributed by atoms with van der Waals surface area (Å²) in [7, 11) is 0. The Morgan fingerprint density at radius 2 is 2.00 bits per heavy atom. The van der Waals surface area contributed by atoms with Crippen LogP contribution in [0.1, 0.15) is 6.92 Å². The summed E-state index contributed by atoms with van der Waals surface area (Å²) in [5.41, 5.74) is 0. The zero-order valence-electron chi connectivity index (χ0n) is 11.3. The van der Waals surface area contributed by atoms with Gasteiger partial charge in [0.2, 0.25) is 0 Å². The predicted octanol–water partition coefficient (Wildman–Crippen LogP) is 0.386. The SMILES string of the molecule is C[C@H](NC(=O)N1CCN(c2ccccn2)CC1)C(=O)O. The van der Waals surface area contributed by atoms with E-state index in [1.165, 1.54) is 6.92 Å². The maximum atomic E-state index is 11.9. The molecule has 1 aromatic heterocycles. The van der Waals surface area contributed by atoms with Crippen LogP contribution in [0.3, 0.4) is 0 Å². The number of pyridine rings is 1. The van der Waals surface area contributed by atoms with Gasteiger partial charge < -0.3 is 20.2 Å². The number of nitrogens with one attached hydrogen (secondary N) is 1. The molecule has 0 bridgehead atoms. The third kappa shape index (κ3) is 3.37. The number of aromatic nitrogens is 1. The molecule has 1 aromatic rings. The Morgan fingerprint density at radius 3 is 2.55 bits per heavy atom. The standard InChI is InChI=1S/C13H18N4O3/c1-10(12(18)19)15-13(20)17-8-6-16(7-9-17)11-4-2-3-5-14-11/h2-5,10H,6-9H2,1H3,(H,15,20)(H,18,19)/t10-/m0/s1. The second kappa shape index (κ2) is 6.23. The van der Waals surface area contributed by atoms with E-state index in [1.54, 1.807) is 11.1 Å². The van der Waals surface area contributed by atoms with Gasteiger partial charge in [0.25, 0.3) is 0 Å². The number of nitrogens with zero attached hydrogens (tertiary/aromatic N) is 3. The lowest BCUT2D eigenvalue weighted by Gasteiger charge is -2.35. The fourth-order valence-electron chi connectivity index (χ4n) is 2.02. The molecule has 0 spiro atoms. The molecular weight excluding hydrogens is 260 g/mol. The average molecular weight is 278 g/mol. The first-order valence-electron chi connectivity index (χ1n) is 6.52. The highest BCUT2D eigenvalue weighted by Gasteiger charge is 2.24. The van der Waals surface area contributed by atoms with Crippen LogP contribution in [-0.2, 0) is 4.79 Å². The molecule has 7 nitrogen and oxygen atoms in total. The first-order valence-corrected chi connectivity index (χ1v) is 6.52. The molecule has 1 fully saturated rings. The van der Waals surface area contributed by atoms with Gasteiger partial charge in [0.05, 0.1) is 0 Å². The second-order valence-corrected chi connectivity index (χ2v) is 4.67. The van der Waals surface area contributed by atoms with E-state index in [2.05, 4.69) is 15.2 Å². The first-order chi connectivity index (χ1) is 9.58. The van der Waals surface area contributed by atoms with E-state index in [0.717, 1.165) is 5.82 Å². The predicted molar refractivity (Wildman–Crippen MR) is 73.7 cm³/mol. The number of urea groups is 1. The summed E-state index contributed by atoms with van der Waals surface area (Å²) in [5, 5.41) is 11.2. The smallest absolute Gasteiger partial charge is 0.325 e. The molecule has 0 saturated carbocycles. The fourth-order valence-corrected chi connectivity index (χ4v) is 2.02. The molecule has 0 unspecified atom stereocenters. The van der Waals surface area contributed by atoms with Crippen LogP contribution in [0.25, 0.3) is 0 Å². The van der Waals surface area contributed by atoms with Crippen LogP contribution in [-0.4, -0.2) is 59.2 Å². The van der Waals surface area contributed by atoms with Gasteiger partial charge in [-0.25, -0.2) is 9.78 Å². The average Bonchev–Trinajstić information content (AvgIpc) is 2.48. The van der Waals surface area contributed by atoms with Crippen LogP contribution >= 0.6 is 0 Å². The highest BCUT2D eigenvalue weighted by atomic mass is 16.4. The van der Waals surface area contributed by atoms with Gasteiger partial charge >= 0.3 is 12.0 Å². The first kappa shape index (κ1) is 14.1. The summed E-state index contributed by atoms with van der Waals surface area (Å²) < 4.78 is 0. The van der Waals surface area contributed by atoms with Crippen LogP contribution in [0.2, 0.25) is 0 Å². The lowest BCUT2D eigenvalue weighted by atomic mass is 10.3. The Hall–Kier alpha value is -2.31. The number of hydrogen-bond acceptors (Lipinski definition) is 4. The third-order valence-electron chi connectivity index (χ3n) is 3.25. The normalized spacial score (nSPS) is 16.6. The number of carbonyl (C=O) groups is 2. The van der Waals surface area contributed by atoms with Gasteiger partial charge in [-0.1, -0.05) is 6.07 Å². The highest BCUT2D eigenvalue weighted by molar-refractivity contribution is 5.82. The Morgan fingerprint density at radius 1 is 1.30 bits per heavy atom. The van der Waals surface area contributed by atoms with Crippen molar-refractivity contribution < 1.29 is 14.7 Å². The third-order valence-corrected chi connectivity index (χ3v) is 3.25. The molecule has 7 heteroatoms. The van der Waals surface area contributed by atoms with Crippen LogP contribution in [0, 0.1) is 0 Å². The molecule has 0 radical (unpaired) electrons. The van der Waals surface area contributed by atoms with Gasteiger partial charge in [-0.15, -0.1) is 0 Å². The summed E-state index contributed by atoms with van der Waals surface area (Å²) in [4.78, 5) is 30.6. The zero-order chi connectivity index (χ0) is 14.5. The van der Waals surface area contributed by atoms with Crippen molar-refractivity contribution in [2.45, 2.75) is 13.0 Å². The molecule has 20 heavy (non-hydrogen) atoms. The fraction of sp³-hybridized carbons (Fsp3) is 0.462. The second-order valence-electron chi connectivity index (χ2n) is 4.67. The highest BCUT2D eigenvalue weighted by Crippen LogP contribution is 2.12. The number of piperazine rings is 1. The molecule has 2 heterocycles. The van der Waals surface area contributed by atoms with Gasteiger partial charge in [0, 0.05) is 32.4 Å². The number of anilines is 1.